The molecular formula is C8H8N2O. The summed E-state index contributed by atoms with van der Waals surface area (Å²) in [4.78, 5) is 7.13. The quantitative estimate of drug-likeness (QED) is 0.597. The van der Waals surface area contributed by atoms with Crippen molar-refractivity contribution >= 4 is 5.69 Å². The van der Waals surface area contributed by atoms with E-state index in [9.17, 15) is 0 Å². The molecule has 1 aromatic heterocycles. The number of hydrogen-bond donors (Lipinski definition) is 0. The van der Waals surface area contributed by atoms with Gasteiger partial charge in [0.25, 0.3) is 0 Å². The molecule has 0 amide bonds. The molecule has 11 heavy (non-hydrogen) atoms. The Morgan fingerprint density at radius 2 is 2.45 bits per heavy atom. The highest BCUT2D eigenvalue weighted by molar-refractivity contribution is 5.43. The SMILES string of the molecule is [C-]#[N+]c1cncc(COC)c1. The monoisotopic (exact) mass is 148 g/mol. The molecule has 0 saturated carbocycles. The van der Waals surface area contributed by atoms with Crippen LogP contribution in [0.1, 0.15) is 5.56 Å². The molecule has 0 atom stereocenters. The van der Waals surface area contributed by atoms with Crippen molar-refractivity contribution in [1.82, 2.24) is 4.98 Å². The molecule has 0 spiro atoms. The standard InChI is InChI=1S/C8H8N2O/c1-9-8-3-7(6-11-2)4-10-5-8/h3-5H,6H2,2H3. The predicted molar refractivity (Wildman–Crippen MR) is 41.2 cm³/mol. The summed E-state index contributed by atoms with van der Waals surface area (Å²) in [6.07, 6.45) is 3.23. The number of methoxy groups -OCH3 is 1. The van der Waals surface area contributed by atoms with Gasteiger partial charge in [0.1, 0.15) is 0 Å². The van der Waals surface area contributed by atoms with Crippen molar-refractivity contribution in [3.8, 4) is 0 Å². The second kappa shape index (κ2) is 3.69. The van der Waals surface area contributed by atoms with Gasteiger partial charge in [0.2, 0.25) is 5.69 Å². The van der Waals surface area contributed by atoms with E-state index in [0.717, 1.165) is 5.56 Å². The normalized spacial score (nSPS) is 9.09. The van der Waals surface area contributed by atoms with Crippen LogP contribution >= 0.6 is 0 Å². The zero-order valence-corrected chi connectivity index (χ0v) is 6.24. The van der Waals surface area contributed by atoms with Crippen LogP contribution in [0, 0.1) is 6.57 Å². The van der Waals surface area contributed by atoms with Crippen LogP contribution in [0.3, 0.4) is 0 Å². The molecule has 0 bridgehead atoms. The minimum absolute atomic E-state index is 0.510. The molecule has 0 N–H and O–H groups in total. The molecule has 0 aromatic carbocycles. The molecule has 1 aromatic rings. The Kier molecular flexibility index (Phi) is 2.59. The number of pyridine rings is 1. The first-order valence-corrected chi connectivity index (χ1v) is 3.17. The summed E-state index contributed by atoms with van der Waals surface area (Å²) in [6.45, 7) is 7.23. The van der Waals surface area contributed by atoms with Crippen molar-refractivity contribution in [1.29, 1.82) is 0 Å². The van der Waals surface area contributed by atoms with Crippen molar-refractivity contribution in [3.63, 3.8) is 0 Å². The van der Waals surface area contributed by atoms with E-state index in [1.165, 1.54) is 6.20 Å². The Balaban J connectivity index is 2.85. The number of nitrogens with zero attached hydrogens (tertiary/aromatic N) is 2. The highest BCUT2D eigenvalue weighted by atomic mass is 16.5. The van der Waals surface area contributed by atoms with E-state index in [4.69, 9.17) is 11.3 Å². The summed E-state index contributed by atoms with van der Waals surface area (Å²) < 4.78 is 4.88. The van der Waals surface area contributed by atoms with Crippen LogP contribution in [0.25, 0.3) is 4.85 Å². The van der Waals surface area contributed by atoms with Crippen LogP contribution in [0.5, 0.6) is 0 Å². The summed E-state index contributed by atoms with van der Waals surface area (Å²) in [5.74, 6) is 0. The van der Waals surface area contributed by atoms with Crippen LogP contribution in [0.4, 0.5) is 5.69 Å². The number of rotatable bonds is 2. The van der Waals surface area contributed by atoms with Crippen molar-refractivity contribution in [2.24, 2.45) is 0 Å². The fourth-order valence-corrected chi connectivity index (χ4v) is 0.781. The minimum atomic E-state index is 0.510. The molecule has 0 saturated heterocycles. The van der Waals surface area contributed by atoms with Gasteiger partial charge in [-0.15, -0.1) is 0 Å². The van der Waals surface area contributed by atoms with E-state index in [2.05, 4.69) is 9.83 Å². The fraction of sp³-hybridized carbons (Fsp3) is 0.250. The maximum Gasteiger partial charge on any atom is 0.205 e. The Labute approximate surface area is 65.5 Å². The lowest BCUT2D eigenvalue weighted by molar-refractivity contribution is 0.184. The molecule has 1 rings (SSSR count). The van der Waals surface area contributed by atoms with Gasteiger partial charge in [-0.3, -0.25) is 4.98 Å². The third-order valence-corrected chi connectivity index (χ3v) is 1.22. The summed E-state index contributed by atoms with van der Waals surface area (Å²) in [5, 5.41) is 0. The second-order valence-electron chi connectivity index (χ2n) is 2.10. The predicted octanol–water partition coefficient (Wildman–Crippen LogP) is 1.78. The van der Waals surface area contributed by atoms with Gasteiger partial charge in [-0.25, -0.2) is 4.85 Å². The van der Waals surface area contributed by atoms with Crippen molar-refractivity contribution in [2.75, 3.05) is 7.11 Å². The Morgan fingerprint density at radius 3 is 3.09 bits per heavy atom. The van der Waals surface area contributed by atoms with Crippen LogP contribution < -0.4 is 0 Å². The van der Waals surface area contributed by atoms with E-state index in [0.29, 0.717) is 12.3 Å². The summed E-state index contributed by atoms with van der Waals surface area (Å²) >= 11 is 0. The first kappa shape index (κ1) is 7.70. The molecule has 0 aliphatic rings. The van der Waals surface area contributed by atoms with Gasteiger partial charge in [-0.1, -0.05) is 0 Å². The largest absolute Gasteiger partial charge is 0.380 e. The third kappa shape index (κ3) is 2.03. The smallest absolute Gasteiger partial charge is 0.205 e. The molecule has 0 fully saturated rings. The average Bonchev–Trinajstić information content (AvgIpc) is 2.06. The maximum atomic E-state index is 6.72. The van der Waals surface area contributed by atoms with Gasteiger partial charge in [-0.05, 0) is 11.6 Å². The average molecular weight is 148 g/mol. The van der Waals surface area contributed by atoms with Crippen molar-refractivity contribution < 1.29 is 4.74 Å². The van der Waals surface area contributed by atoms with E-state index in [-0.39, 0.29) is 0 Å². The van der Waals surface area contributed by atoms with Gasteiger partial charge in [0, 0.05) is 19.5 Å². The molecule has 3 heteroatoms. The first-order valence-electron chi connectivity index (χ1n) is 3.17. The van der Waals surface area contributed by atoms with Crippen molar-refractivity contribution in [3.05, 3.63) is 35.4 Å². The van der Waals surface area contributed by atoms with Gasteiger partial charge < -0.3 is 4.74 Å². The molecule has 1 heterocycles. The lowest BCUT2D eigenvalue weighted by Gasteiger charge is -1.97. The highest BCUT2D eigenvalue weighted by Crippen LogP contribution is 2.11. The van der Waals surface area contributed by atoms with E-state index < -0.39 is 0 Å². The van der Waals surface area contributed by atoms with Gasteiger partial charge in [0.05, 0.1) is 13.2 Å². The van der Waals surface area contributed by atoms with Gasteiger partial charge in [-0.2, -0.15) is 0 Å². The number of hydrogen-bond acceptors (Lipinski definition) is 2. The molecular weight excluding hydrogens is 140 g/mol. The molecule has 0 aliphatic heterocycles. The van der Waals surface area contributed by atoms with Crippen LogP contribution in [-0.2, 0) is 11.3 Å². The fourth-order valence-electron chi connectivity index (χ4n) is 0.781. The topological polar surface area (TPSA) is 26.5 Å². The number of ether oxygens (including phenoxy) is 1. The third-order valence-electron chi connectivity index (χ3n) is 1.22. The molecule has 0 aliphatic carbocycles. The van der Waals surface area contributed by atoms with E-state index in [1.807, 2.05) is 0 Å². The molecule has 56 valence electrons. The highest BCUT2D eigenvalue weighted by Gasteiger charge is 1.93. The van der Waals surface area contributed by atoms with Gasteiger partial charge >= 0.3 is 0 Å². The maximum absolute atomic E-state index is 6.72. The molecule has 0 unspecified atom stereocenters. The Morgan fingerprint density at radius 1 is 1.64 bits per heavy atom. The zero-order chi connectivity index (χ0) is 8.10. The zero-order valence-electron chi connectivity index (χ0n) is 6.24. The minimum Gasteiger partial charge on any atom is -0.380 e. The Bertz CT molecular complexity index is 278. The first-order chi connectivity index (χ1) is 5.36. The summed E-state index contributed by atoms with van der Waals surface area (Å²) in [5.41, 5.74) is 1.49. The summed E-state index contributed by atoms with van der Waals surface area (Å²) in [7, 11) is 1.62. The lowest BCUT2D eigenvalue weighted by atomic mass is 10.3. The van der Waals surface area contributed by atoms with Crippen LogP contribution in [0.2, 0.25) is 0 Å². The lowest BCUT2D eigenvalue weighted by Crippen LogP contribution is -1.86. The number of aromatic nitrogens is 1. The Hall–Kier alpha value is -1.40. The molecule has 0 radical (unpaired) electrons. The van der Waals surface area contributed by atoms with Crippen LogP contribution in [0.15, 0.2) is 18.5 Å². The molecule has 3 nitrogen and oxygen atoms in total. The summed E-state index contributed by atoms with van der Waals surface area (Å²) in [6, 6.07) is 1.77. The van der Waals surface area contributed by atoms with Crippen LogP contribution in [-0.4, -0.2) is 12.1 Å². The second-order valence-corrected chi connectivity index (χ2v) is 2.10. The van der Waals surface area contributed by atoms with E-state index >= 15 is 0 Å². The van der Waals surface area contributed by atoms with E-state index in [1.54, 1.807) is 19.4 Å². The van der Waals surface area contributed by atoms with Crippen molar-refractivity contribution in [2.45, 2.75) is 6.61 Å². The van der Waals surface area contributed by atoms with Gasteiger partial charge in [0.15, 0.2) is 0 Å².